The molecular formula is C16H27N3O2. The number of rotatable bonds is 7. The topological polar surface area (TPSA) is 46.5 Å². The predicted octanol–water partition coefficient (Wildman–Crippen LogP) is 1.32. The third-order valence-electron chi connectivity index (χ3n) is 3.91. The maximum Gasteiger partial charge on any atom is 0.292 e. The molecule has 1 fully saturated rings. The second-order valence-electron chi connectivity index (χ2n) is 5.96. The fourth-order valence-corrected chi connectivity index (χ4v) is 2.60. The average Bonchev–Trinajstić information content (AvgIpc) is 2.48. The fourth-order valence-electron chi connectivity index (χ4n) is 2.60. The first-order valence-corrected chi connectivity index (χ1v) is 7.87. The quantitative estimate of drug-likeness (QED) is 0.824. The summed E-state index contributed by atoms with van der Waals surface area (Å²) in [5.41, 5.74) is -0.0212. The van der Waals surface area contributed by atoms with Crippen LogP contribution in [0.3, 0.4) is 0 Å². The Hall–Kier alpha value is -1.33. The Kier molecular flexibility index (Phi) is 6.26. The van der Waals surface area contributed by atoms with Crippen molar-refractivity contribution in [3.63, 3.8) is 0 Å². The number of piperidine rings is 1. The van der Waals surface area contributed by atoms with Crippen LogP contribution in [0, 0.1) is 0 Å². The zero-order valence-electron chi connectivity index (χ0n) is 13.2. The lowest BCUT2D eigenvalue weighted by molar-refractivity contribution is 0.256. The summed E-state index contributed by atoms with van der Waals surface area (Å²) >= 11 is 0. The highest BCUT2D eigenvalue weighted by Crippen LogP contribution is 2.11. The summed E-state index contributed by atoms with van der Waals surface area (Å²) in [7, 11) is 3.98. The summed E-state index contributed by atoms with van der Waals surface area (Å²) in [5, 5.41) is 3.52. The van der Waals surface area contributed by atoms with E-state index in [1.807, 2.05) is 31.3 Å². The molecule has 1 aromatic rings. The number of nitrogens with one attached hydrogen (secondary N) is 1. The van der Waals surface area contributed by atoms with Gasteiger partial charge in [-0.25, -0.2) is 0 Å². The van der Waals surface area contributed by atoms with E-state index < -0.39 is 0 Å². The van der Waals surface area contributed by atoms with Gasteiger partial charge in [-0.05, 0) is 52.0 Å². The Morgan fingerprint density at radius 1 is 1.43 bits per heavy atom. The van der Waals surface area contributed by atoms with Crippen molar-refractivity contribution >= 4 is 0 Å². The molecular weight excluding hydrogens is 266 g/mol. The molecule has 2 rings (SSSR count). The first-order valence-electron chi connectivity index (χ1n) is 7.87. The number of ether oxygens (including phenoxy) is 1. The molecule has 21 heavy (non-hydrogen) atoms. The van der Waals surface area contributed by atoms with Gasteiger partial charge in [0.2, 0.25) is 0 Å². The largest absolute Gasteiger partial charge is 0.487 e. The molecule has 0 amide bonds. The van der Waals surface area contributed by atoms with E-state index in [1.165, 1.54) is 19.3 Å². The van der Waals surface area contributed by atoms with Gasteiger partial charge in [0.1, 0.15) is 6.61 Å². The van der Waals surface area contributed by atoms with Crippen molar-refractivity contribution in [2.75, 3.05) is 33.8 Å². The number of pyridine rings is 1. The van der Waals surface area contributed by atoms with Gasteiger partial charge in [0.25, 0.3) is 5.56 Å². The number of likely N-dealkylation sites (N-methyl/N-ethyl adjacent to an activating group) is 1. The predicted molar refractivity (Wildman–Crippen MR) is 85.0 cm³/mol. The third-order valence-corrected chi connectivity index (χ3v) is 3.91. The van der Waals surface area contributed by atoms with Crippen LogP contribution < -0.4 is 15.6 Å². The number of aromatic nitrogens is 1. The van der Waals surface area contributed by atoms with Crippen molar-refractivity contribution in [2.24, 2.45) is 0 Å². The highest BCUT2D eigenvalue weighted by molar-refractivity contribution is 5.17. The van der Waals surface area contributed by atoms with Gasteiger partial charge in [-0.2, -0.15) is 0 Å². The van der Waals surface area contributed by atoms with Crippen LogP contribution in [0.4, 0.5) is 0 Å². The number of hydrogen-bond acceptors (Lipinski definition) is 4. The fraction of sp³-hybridized carbons (Fsp3) is 0.688. The van der Waals surface area contributed by atoms with Crippen molar-refractivity contribution < 1.29 is 4.74 Å². The highest BCUT2D eigenvalue weighted by Gasteiger charge is 2.13. The Morgan fingerprint density at radius 3 is 3.00 bits per heavy atom. The second-order valence-corrected chi connectivity index (χ2v) is 5.96. The number of aryl methyl sites for hydroxylation is 1. The zero-order chi connectivity index (χ0) is 15.1. The molecule has 1 N–H and O–H groups in total. The molecule has 1 unspecified atom stereocenters. The molecule has 0 radical (unpaired) electrons. The van der Waals surface area contributed by atoms with Crippen molar-refractivity contribution in [3.8, 4) is 5.75 Å². The Bertz CT molecular complexity index is 479. The molecule has 1 atom stereocenters. The molecule has 1 aromatic heterocycles. The van der Waals surface area contributed by atoms with Gasteiger partial charge in [0, 0.05) is 25.3 Å². The molecule has 0 spiro atoms. The van der Waals surface area contributed by atoms with Gasteiger partial charge in [0.05, 0.1) is 0 Å². The van der Waals surface area contributed by atoms with Crippen LogP contribution in [-0.2, 0) is 6.54 Å². The van der Waals surface area contributed by atoms with E-state index in [0.29, 0.717) is 18.4 Å². The minimum absolute atomic E-state index is 0.0212. The van der Waals surface area contributed by atoms with Crippen LogP contribution in [-0.4, -0.2) is 49.3 Å². The molecule has 0 aliphatic carbocycles. The monoisotopic (exact) mass is 293 g/mol. The normalized spacial score (nSPS) is 18.9. The minimum Gasteiger partial charge on any atom is -0.487 e. The molecule has 1 aliphatic heterocycles. The minimum atomic E-state index is -0.0212. The maximum atomic E-state index is 12.3. The molecule has 0 aromatic carbocycles. The lowest BCUT2D eigenvalue weighted by atomic mass is 10.0. The second kappa shape index (κ2) is 8.20. The first-order chi connectivity index (χ1) is 10.2. The summed E-state index contributed by atoms with van der Waals surface area (Å²) in [5.74, 6) is 0.455. The highest BCUT2D eigenvalue weighted by atomic mass is 16.5. The maximum absolute atomic E-state index is 12.3. The Labute approximate surface area is 126 Å². The summed E-state index contributed by atoms with van der Waals surface area (Å²) < 4.78 is 7.35. The molecule has 1 aliphatic rings. The lowest BCUT2D eigenvalue weighted by Gasteiger charge is -2.23. The van der Waals surface area contributed by atoms with Crippen LogP contribution in [0.2, 0.25) is 0 Å². The molecule has 5 heteroatoms. The molecule has 2 heterocycles. The molecule has 1 saturated heterocycles. The van der Waals surface area contributed by atoms with Crippen LogP contribution in [0.15, 0.2) is 23.1 Å². The summed E-state index contributed by atoms with van der Waals surface area (Å²) in [6.07, 6.45) is 6.63. The van der Waals surface area contributed by atoms with E-state index in [0.717, 1.165) is 26.1 Å². The van der Waals surface area contributed by atoms with Gasteiger partial charge >= 0.3 is 0 Å². The van der Waals surface area contributed by atoms with Gasteiger partial charge in [-0.1, -0.05) is 6.42 Å². The van der Waals surface area contributed by atoms with E-state index in [2.05, 4.69) is 5.32 Å². The number of nitrogens with zero attached hydrogens (tertiary/aromatic N) is 2. The van der Waals surface area contributed by atoms with E-state index >= 15 is 0 Å². The van der Waals surface area contributed by atoms with Gasteiger partial charge in [-0.15, -0.1) is 0 Å². The smallest absolute Gasteiger partial charge is 0.292 e. The van der Waals surface area contributed by atoms with Crippen LogP contribution >= 0.6 is 0 Å². The molecule has 0 bridgehead atoms. The zero-order valence-corrected chi connectivity index (χ0v) is 13.2. The third kappa shape index (κ3) is 5.17. The van der Waals surface area contributed by atoms with Crippen molar-refractivity contribution in [1.82, 2.24) is 14.8 Å². The average molecular weight is 293 g/mol. The van der Waals surface area contributed by atoms with Crippen LogP contribution in [0.25, 0.3) is 0 Å². The Morgan fingerprint density at radius 2 is 2.29 bits per heavy atom. The van der Waals surface area contributed by atoms with E-state index in [9.17, 15) is 4.79 Å². The SMILES string of the molecule is CN(C)CCOc1cccn(CCC2CCCCN2)c1=O. The lowest BCUT2D eigenvalue weighted by Crippen LogP contribution is -2.35. The van der Waals surface area contributed by atoms with Crippen molar-refractivity contribution in [2.45, 2.75) is 38.3 Å². The summed E-state index contributed by atoms with van der Waals surface area (Å²) in [6.45, 7) is 3.20. The number of hydrogen-bond donors (Lipinski definition) is 1. The van der Waals surface area contributed by atoms with Gasteiger partial charge in [0.15, 0.2) is 5.75 Å². The van der Waals surface area contributed by atoms with E-state index in [1.54, 1.807) is 10.6 Å². The Balaban J connectivity index is 1.89. The van der Waals surface area contributed by atoms with Gasteiger partial charge < -0.3 is 19.5 Å². The van der Waals surface area contributed by atoms with Crippen LogP contribution in [0.1, 0.15) is 25.7 Å². The first kappa shape index (κ1) is 16.0. The van der Waals surface area contributed by atoms with E-state index in [4.69, 9.17) is 4.74 Å². The standard InChI is InChI=1S/C16H27N3O2/c1-18(2)12-13-21-15-7-5-10-19(16(15)20)11-8-14-6-3-4-9-17-14/h5,7,10,14,17H,3-4,6,8-9,11-13H2,1-2H3. The summed E-state index contributed by atoms with van der Waals surface area (Å²) in [6, 6.07) is 4.19. The van der Waals surface area contributed by atoms with Crippen molar-refractivity contribution in [1.29, 1.82) is 0 Å². The summed E-state index contributed by atoms with van der Waals surface area (Å²) in [4.78, 5) is 14.4. The molecule has 118 valence electrons. The molecule has 0 saturated carbocycles. The van der Waals surface area contributed by atoms with E-state index in [-0.39, 0.29) is 5.56 Å². The van der Waals surface area contributed by atoms with Crippen LogP contribution in [0.5, 0.6) is 5.75 Å². The van der Waals surface area contributed by atoms with Crippen molar-refractivity contribution in [3.05, 3.63) is 28.7 Å². The molecule has 5 nitrogen and oxygen atoms in total. The van der Waals surface area contributed by atoms with Gasteiger partial charge in [-0.3, -0.25) is 4.79 Å².